The number of ether oxygens (including phenoxy) is 1. The quantitative estimate of drug-likeness (QED) is 0.797. The van der Waals surface area contributed by atoms with Crippen LogP contribution in [0.5, 0.6) is 5.75 Å². The molecule has 1 aromatic carbocycles. The summed E-state index contributed by atoms with van der Waals surface area (Å²) in [5.74, 6) is 1.38. The molecule has 2 rings (SSSR count). The number of hydrogen-bond acceptors (Lipinski definition) is 5. The van der Waals surface area contributed by atoms with Gasteiger partial charge >= 0.3 is 0 Å². The number of rotatable bonds is 7. The molecule has 0 saturated carbocycles. The smallest absolute Gasteiger partial charge is 0.146 e. The fourth-order valence-corrected chi connectivity index (χ4v) is 1.81. The zero-order chi connectivity index (χ0) is 14.4. The highest BCUT2D eigenvalue weighted by Crippen LogP contribution is 2.22. The molecule has 0 amide bonds. The van der Waals surface area contributed by atoms with Crippen LogP contribution < -0.4 is 10.1 Å². The van der Waals surface area contributed by atoms with Crippen molar-refractivity contribution in [3.8, 4) is 5.75 Å². The highest BCUT2D eigenvalue weighted by Gasteiger charge is 2.08. The molecule has 0 aliphatic rings. The standard InChI is InChI=1S/C13H17ClN4O2/c1-18-9-16-17-13(18)7-15-6-10(19)8-20-12-5-3-2-4-11(12)14/h2-5,9-10,15,19H,6-8H2,1H3. The van der Waals surface area contributed by atoms with E-state index in [1.54, 1.807) is 18.5 Å². The number of aromatic nitrogens is 3. The van der Waals surface area contributed by atoms with Crippen molar-refractivity contribution < 1.29 is 9.84 Å². The first-order chi connectivity index (χ1) is 9.66. The number of aryl methyl sites for hydroxylation is 1. The maximum Gasteiger partial charge on any atom is 0.146 e. The lowest BCUT2D eigenvalue weighted by atomic mass is 10.3. The molecule has 7 heteroatoms. The van der Waals surface area contributed by atoms with Gasteiger partial charge in [-0.2, -0.15) is 0 Å². The molecule has 20 heavy (non-hydrogen) atoms. The highest BCUT2D eigenvalue weighted by atomic mass is 35.5. The normalized spacial score (nSPS) is 12.3. The van der Waals surface area contributed by atoms with Gasteiger partial charge in [-0.05, 0) is 12.1 Å². The van der Waals surface area contributed by atoms with Crippen LogP contribution in [0, 0.1) is 0 Å². The molecule has 6 nitrogen and oxygen atoms in total. The fraction of sp³-hybridized carbons (Fsp3) is 0.385. The highest BCUT2D eigenvalue weighted by molar-refractivity contribution is 6.32. The summed E-state index contributed by atoms with van der Waals surface area (Å²) in [5, 5.41) is 21.2. The second kappa shape index (κ2) is 7.23. The number of aliphatic hydroxyl groups excluding tert-OH is 1. The summed E-state index contributed by atoms with van der Waals surface area (Å²) in [6.45, 7) is 1.12. The van der Waals surface area contributed by atoms with Crippen LogP contribution in [0.1, 0.15) is 5.82 Å². The first-order valence-corrected chi connectivity index (χ1v) is 6.63. The molecule has 0 bridgehead atoms. The third-order valence-electron chi connectivity index (χ3n) is 2.74. The van der Waals surface area contributed by atoms with E-state index in [9.17, 15) is 5.11 Å². The van der Waals surface area contributed by atoms with Crippen molar-refractivity contribution in [2.45, 2.75) is 12.6 Å². The van der Waals surface area contributed by atoms with Gasteiger partial charge in [0.1, 0.15) is 30.6 Å². The predicted molar refractivity (Wildman–Crippen MR) is 75.7 cm³/mol. The molecule has 1 heterocycles. The van der Waals surface area contributed by atoms with Gasteiger partial charge in [0, 0.05) is 13.6 Å². The summed E-state index contributed by atoms with van der Waals surface area (Å²) in [5.41, 5.74) is 0. The van der Waals surface area contributed by atoms with Gasteiger partial charge in [-0.1, -0.05) is 23.7 Å². The lowest BCUT2D eigenvalue weighted by molar-refractivity contribution is 0.106. The molecule has 0 fully saturated rings. The molecule has 0 aliphatic carbocycles. The van der Waals surface area contributed by atoms with Crippen LogP contribution in [-0.4, -0.2) is 39.1 Å². The maximum absolute atomic E-state index is 9.83. The van der Waals surface area contributed by atoms with Crippen LogP contribution >= 0.6 is 11.6 Å². The van der Waals surface area contributed by atoms with E-state index in [1.807, 2.05) is 23.7 Å². The molecule has 1 unspecified atom stereocenters. The number of para-hydroxylation sites is 1. The number of aliphatic hydroxyl groups is 1. The number of nitrogens with one attached hydrogen (secondary N) is 1. The maximum atomic E-state index is 9.83. The Hall–Kier alpha value is -1.63. The van der Waals surface area contributed by atoms with Crippen molar-refractivity contribution in [3.63, 3.8) is 0 Å². The van der Waals surface area contributed by atoms with Crippen molar-refractivity contribution in [2.75, 3.05) is 13.2 Å². The van der Waals surface area contributed by atoms with Crippen molar-refractivity contribution in [1.82, 2.24) is 20.1 Å². The van der Waals surface area contributed by atoms with Gasteiger partial charge in [0.25, 0.3) is 0 Å². The molecule has 0 aliphatic heterocycles. The van der Waals surface area contributed by atoms with E-state index >= 15 is 0 Å². The molecule has 1 atom stereocenters. The SMILES string of the molecule is Cn1cnnc1CNCC(O)COc1ccccc1Cl. The Morgan fingerprint density at radius 1 is 1.45 bits per heavy atom. The average Bonchev–Trinajstić information content (AvgIpc) is 2.84. The number of benzene rings is 1. The largest absolute Gasteiger partial charge is 0.489 e. The first kappa shape index (κ1) is 14.8. The number of nitrogens with zero attached hydrogens (tertiary/aromatic N) is 3. The fourth-order valence-electron chi connectivity index (χ4n) is 1.62. The predicted octanol–water partition coefficient (Wildman–Crippen LogP) is 0.998. The van der Waals surface area contributed by atoms with Crippen molar-refractivity contribution in [3.05, 3.63) is 41.4 Å². The Labute approximate surface area is 122 Å². The molecular weight excluding hydrogens is 280 g/mol. The lowest BCUT2D eigenvalue weighted by Crippen LogP contribution is -2.31. The summed E-state index contributed by atoms with van der Waals surface area (Å²) >= 11 is 5.96. The van der Waals surface area contributed by atoms with Crippen molar-refractivity contribution in [2.24, 2.45) is 7.05 Å². The topological polar surface area (TPSA) is 72.2 Å². The van der Waals surface area contributed by atoms with E-state index in [0.29, 0.717) is 23.9 Å². The minimum atomic E-state index is -0.625. The summed E-state index contributed by atoms with van der Waals surface area (Å²) in [4.78, 5) is 0. The molecule has 108 valence electrons. The Morgan fingerprint density at radius 3 is 2.95 bits per heavy atom. The minimum Gasteiger partial charge on any atom is -0.489 e. The van der Waals surface area contributed by atoms with Crippen LogP contribution in [0.3, 0.4) is 0 Å². The van der Waals surface area contributed by atoms with Crippen LogP contribution in [-0.2, 0) is 13.6 Å². The average molecular weight is 297 g/mol. The van der Waals surface area contributed by atoms with Gasteiger partial charge in [-0.15, -0.1) is 10.2 Å². The second-order valence-electron chi connectivity index (χ2n) is 4.38. The molecular formula is C13H17ClN4O2. The van der Waals surface area contributed by atoms with E-state index in [2.05, 4.69) is 15.5 Å². The van der Waals surface area contributed by atoms with Crippen LogP contribution in [0.2, 0.25) is 5.02 Å². The minimum absolute atomic E-state index is 0.176. The van der Waals surface area contributed by atoms with E-state index in [0.717, 1.165) is 5.82 Å². The van der Waals surface area contributed by atoms with E-state index < -0.39 is 6.10 Å². The van der Waals surface area contributed by atoms with E-state index in [4.69, 9.17) is 16.3 Å². The molecule has 2 aromatic rings. The molecule has 0 saturated heterocycles. The zero-order valence-electron chi connectivity index (χ0n) is 11.2. The van der Waals surface area contributed by atoms with E-state index in [1.165, 1.54) is 0 Å². The molecule has 0 radical (unpaired) electrons. The molecule has 0 spiro atoms. The van der Waals surface area contributed by atoms with Gasteiger partial charge < -0.3 is 19.7 Å². The van der Waals surface area contributed by atoms with Gasteiger partial charge in [-0.25, -0.2) is 0 Å². The number of hydrogen-bond donors (Lipinski definition) is 2. The second-order valence-corrected chi connectivity index (χ2v) is 4.79. The van der Waals surface area contributed by atoms with Crippen LogP contribution in [0.15, 0.2) is 30.6 Å². The van der Waals surface area contributed by atoms with Gasteiger partial charge in [0.15, 0.2) is 0 Å². The summed E-state index contributed by atoms with van der Waals surface area (Å²) in [7, 11) is 1.87. The first-order valence-electron chi connectivity index (χ1n) is 6.26. The monoisotopic (exact) mass is 296 g/mol. The Kier molecular flexibility index (Phi) is 5.34. The van der Waals surface area contributed by atoms with Gasteiger partial charge in [-0.3, -0.25) is 0 Å². The van der Waals surface area contributed by atoms with Crippen molar-refractivity contribution in [1.29, 1.82) is 0 Å². The molecule has 1 aromatic heterocycles. The Balaban J connectivity index is 1.69. The summed E-state index contributed by atoms with van der Waals surface area (Å²) in [6.07, 6.45) is 1.01. The molecule has 2 N–H and O–H groups in total. The zero-order valence-corrected chi connectivity index (χ0v) is 11.9. The third-order valence-corrected chi connectivity index (χ3v) is 3.05. The van der Waals surface area contributed by atoms with Gasteiger partial charge in [0.05, 0.1) is 11.6 Å². The lowest BCUT2D eigenvalue weighted by Gasteiger charge is -2.13. The Bertz CT molecular complexity index is 547. The Morgan fingerprint density at radius 2 is 2.25 bits per heavy atom. The number of halogens is 1. The van der Waals surface area contributed by atoms with E-state index in [-0.39, 0.29) is 6.61 Å². The van der Waals surface area contributed by atoms with Gasteiger partial charge in [0.2, 0.25) is 0 Å². The third kappa shape index (κ3) is 4.19. The van der Waals surface area contributed by atoms with Crippen LogP contribution in [0.4, 0.5) is 0 Å². The van der Waals surface area contributed by atoms with Crippen molar-refractivity contribution >= 4 is 11.6 Å². The summed E-state index contributed by atoms with van der Waals surface area (Å²) < 4.78 is 7.27. The van der Waals surface area contributed by atoms with Crippen LogP contribution in [0.25, 0.3) is 0 Å². The summed E-state index contributed by atoms with van der Waals surface area (Å²) in [6, 6.07) is 7.17.